The Hall–Kier alpha value is 0.250. The van der Waals surface area contributed by atoms with Crippen molar-refractivity contribution in [3.63, 3.8) is 0 Å². The van der Waals surface area contributed by atoms with Crippen LogP contribution >= 0.6 is 12.4 Å². The third-order valence-electron chi connectivity index (χ3n) is 4.90. The minimum Gasteiger partial charge on any atom is -0.325 e. The summed E-state index contributed by atoms with van der Waals surface area (Å²) >= 11 is 0. The van der Waals surface area contributed by atoms with Crippen LogP contribution in [-0.4, -0.2) is 5.54 Å². The second-order valence-electron chi connectivity index (χ2n) is 7.86. The average molecular weight is 230 g/mol. The molecule has 0 aromatic rings. The minimum atomic E-state index is 0. The van der Waals surface area contributed by atoms with E-state index in [0.717, 1.165) is 0 Å². The fourth-order valence-electron chi connectivity index (χ4n) is 6.39. The first-order valence-corrected chi connectivity index (χ1v) is 6.03. The maximum atomic E-state index is 6.58. The van der Waals surface area contributed by atoms with E-state index in [2.05, 4.69) is 20.8 Å². The smallest absolute Gasteiger partial charge is 0.0170 e. The number of nitrogens with two attached hydrogens (primary N) is 1. The van der Waals surface area contributed by atoms with E-state index in [4.69, 9.17) is 5.73 Å². The van der Waals surface area contributed by atoms with Gasteiger partial charge in [0.25, 0.3) is 0 Å². The monoisotopic (exact) mass is 229 g/mol. The first-order valence-electron chi connectivity index (χ1n) is 6.03. The highest BCUT2D eigenvalue weighted by atomic mass is 35.5. The van der Waals surface area contributed by atoms with Gasteiger partial charge >= 0.3 is 0 Å². The van der Waals surface area contributed by atoms with Crippen LogP contribution in [-0.2, 0) is 0 Å². The van der Waals surface area contributed by atoms with Crippen molar-refractivity contribution in [1.82, 2.24) is 0 Å². The molecule has 4 fully saturated rings. The van der Waals surface area contributed by atoms with Crippen molar-refractivity contribution >= 4 is 12.4 Å². The summed E-state index contributed by atoms with van der Waals surface area (Å²) in [5.41, 5.74) is 8.45. The Kier molecular flexibility index (Phi) is 2.14. The summed E-state index contributed by atoms with van der Waals surface area (Å²) in [6, 6.07) is 0. The second kappa shape index (κ2) is 2.73. The Bertz CT molecular complexity index is 203. The molecular weight excluding hydrogens is 206 g/mol. The molecule has 4 aliphatic rings. The molecule has 0 aliphatic heterocycles. The third-order valence-corrected chi connectivity index (χ3v) is 4.90. The summed E-state index contributed by atoms with van der Waals surface area (Å²) in [6.45, 7) is 7.42. The molecule has 15 heavy (non-hydrogen) atoms. The first-order chi connectivity index (χ1) is 6.24. The fraction of sp³-hybridized carbons (Fsp3) is 1.00. The predicted molar refractivity (Wildman–Crippen MR) is 66.2 cm³/mol. The van der Waals surface area contributed by atoms with Crippen molar-refractivity contribution in [1.29, 1.82) is 0 Å². The lowest BCUT2D eigenvalue weighted by Crippen LogP contribution is -2.65. The van der Waals surface area contributed by atoms with Crippen LogP contribution in [0, 0.1) is 16.2 Å². The van der Waals surface area contributed by atoms with Crippen LogP contribution in [0.25, 0.3) is 0 Å². The fourth-order valence-corrected chi connectivity index (χ4v) is 6.39. The van der Waals surface area contributed by atoms with E-state index in [1.807, 2.05) is 0 Å². The lowest BCUT2D eigenvalue weighted by Gasteiger charge is -2.68. The Morgan fingerprint density at radius 3 is 1.13 bits per heavy atom. The molecule has 88 valence electrons. The van der Waals surface area contributed by atoms with Crippen molar-refractivity contribution in [3.8, 4) is 0 Å². The van der Waals surface area contributed by atoms with E-state index in [1.165, 1.54) is 38.5 Å². The standard InChI is InChI=1S/C13H23N.ClH/c1-10-4-11(2)6-12(3,5-10)9-13(14,7-10)8-11;/h4-9,14H2,1-3H3;1H. The van der Waals surface area contributed by atoms with Gasteiger partial charge in [-0.25, -0.2) is 0 Å². The zero-order chi connectivity index (χ0) is 10.2. The molecule has 0 heterocycles. The normalized spacial score (nSPS) is 61.6. The van der Waals surface area contributed by atoms with Crippen molar-refractivity contribution in [2.75, 3.05) is 0 Å². The van der Waals surface area contributed by atoms with Gasteiger partial charge in [-0.2, -0.15) is 0 Å². The summed E-state index contributed by atoms with van der Waals surface area (Å²) in [5.74, 6) is 0. The van der Waals surface area contributed by atoms with E-state index in [1.54, 1.807) is 0 Å². The Balaban J connectivity index is 0.000000853. The van der Waals surface area contributed by atoms with Crippen LogP contribution in [0.4, 0.5) is 0 Å². The summed E-state index contributed by atoms with van der Waals surface area (Å²) in [5, 5.41) is 0. The van der Waals surface area contributed by atoms with Gasteiger partial charge in [0.2, 0.25) is 0 Å². The quantitative estimate of drug-likeness (QED) is 0.676. The van der Waals surface area contributed by atoms with Crippen LogP contribution in [0.3, 0.4) is 0 Å². The lowest BCUT2D eigenvalue weighted by molar-refractivity contribution is -0.147. The van der Waals surface area contributed by atoms with Gasteiger partial charge in [-0.05, 0) is 54.8 Å². The summed E-state index contributed by atoms with van der Waals surface area (Å²) < 4.78 is 0. The van der Waals surface area contributed by atoms with E-state index < -0.39 is 0 Å². The molecule has 4 aliphatic carbocycles. The van der Waals surface area contributed by atoms with E-state index in [-0.39, 0.29) is 17.9 Å². The topological polar surface area (TPSA) is 26.0 Å². The molecular formula is C13H24ClN. The van der Waals surface area contributed by atoms with Gasteiger partial charge < -0.3 is 5.73 Å². The third kappa shape index (κ3) is 1.63. The van der Waals surface area contributed by atoms with Crippen LogP contribution in [0.5, 0.6) is 0 Å². The highest BCUT2D eigenvalue weighted by Crippen LogP contribution is 2.69. The van der Waals surface area contributed by atoms with Gasteiger partial charge in [-0.15, -0.1) is 12.4 Å². The molecule has 4 rings (SSSR count). The largest absolute Gasteiger partial charge is 0.325 e. The molecule has 4 saturated carbocycles. The maximum Gasteiger partial charge on any atom is 0.0170 e. The van der Waals surface area contributed by atoms with Gasteiger partial charge in [0.1, 0.15) is 0 Å². The molecule has 2 N–H and O–H groups in total. The SMILES string of the molecule is CC12CC3(C)CC(C)(C1)CC(N)(C2)C3.Cl. The molecule has 0 radical (unpaired) electrons. The lowest BCUT2D eigenvalue weighted by atomic mass is 9.39. The van der Waals surface area contributed by atoms with Gasteiger partial charge in [-0.3, -0.25) is 0 Å². The molecule has 0 spiro atoms. The summed E-state index contributed by atoms with van der Waals surface area (Å²) in [7, 11) is 0. The molecule has 0 aromatic heterocycles. The van der Waals surface area contributed by atoms with Gasteiger partial charge in [0.05, 0.1) is 0 Å². The highest BCUT2D eigenvalue weighted by Gasteiger charge is 2.62. The molecule has 2 heteroatoms. The summed E-state index contributed by atoms with van der Waals surface area (Å²) in [6.07, 6.45) is 8.12. The predicted octanol–water partition coefficient (Wildman–Crippen LogP) is 3.51. The van der Waals surface area contributed by atoms with Crippen molar-refractivity contribution in [3.05, 3.63) is 0 Å². The Labute approximate surface area is 99.6 Å². The first kappa shape index (κ1) is 11.7. The minimum absolute atomic E-state index is 0. The average Bonchev–Trinajstić information content (AvgIpc) is 1.67. The molecule has 0 aromatic carbocycles. The van der Waals surface area contributed by atoms with Crippen LogP contribution in [0.15, 0.2) is 0 Å². The van der Waals surface area contributed by atoms with Gasteiger partial charge in [0.15, 0.2) is 0 Å². The Morgan fingerprint density at radius 1 is 0.667 bits per heavy atom. The second-order valence-corrected chi connectivity index (χ2v) is 7.86. The van der Waals surface area contributed by atoms with Crippen molar-refractivity contribution in [2.45, 2.75) is 64.8 Å². The molecule has 0 amide bonds. The molecule has 1 nitrogen and oxygen atoms in total. The maximum absolute atomic E-state index is 6.58. The number of halogens is 1. The van der Waals surface area contributed by atoms with Crippen molar-refractivity contribution < 1.29 is 0 Å². The van der Waals surface area contributed by atoms with Gasteiger partial charge in [0, 0.05) is 5.54 Å². The molecule has 0 saturated heterocycles. The molecule has 0 atom stereocenters. The van der Waals surface area contributed by atoms with Crippen LogP contribution in [0.1, 0.15) is 59.3 Å². The zero-order valence-corrected chi connectivity index (χ0v) is 11.0. The van der Waals surface area contributed by atoms with Crippen molar-refractivity contribution in [2.24, 2.45) is 22.0 Å². The molecule has 0 unspecified atom stereocenters. The van der Waals surface area contributed by atoms with E-state index >= 15 is 0 Å². The number of rotatable bonds is 0. The zero-order valence-electron chi connectivity index (χ0n) is 10.2. The highest BCUT2D eigenvalue weighted by molar-refractivity contribution is 5.85. The van der Waals surface area contributed by atoms with Crippen LogP contribution in [0.2, 0.25) is 0 Å². The Morgan fingerprint density at radius 2 is 0.933 bits per heavy atom. The van der Waals surface area contributed by atoms with E-state index in [0.29, 0.717) is 16.2 Å². The van der Waals surface area contributed by atoms with Crippen LogP contribution < -0.4 is 5.73 Å². The van der Waals surface area contributed by atoms with Gasteiger partial charge in [-0.1, -0.05) is 20.8 Å². The number of hydrogen-bond donors (Lipinski definition) is 1. The molecule has 4 bridgehead atoms. The van der Waals surface area contributed by atoms with E-state index in [9.17, 15) is 0 Å². The summed E-state index contributed by atoms with van der Waals surface area (Å²) in [4.78, 5) is 0. The number of hydrogen-bond acceptors (Lipinski definition) is 1.